The lowest BCUT2D eigenvalue weighted by molar-refractivity contribution is -0.122. The number of carbonyl (C=O) groups excluding carboxylic acids is 1. The Morgan fingerprint density at radius 3 is 3.00 bits per heavy atom. The molecule has 0 aromatic carbocycles. The minimum Gasteiger partial charge on any atom is -0.372 e. The van der Waals surface area contributed by atoms with Gasteiger partial charge in [-0.3, -0.25) is 9.52 Å². The molecule has 0 bridgehead atoms. The lowest BCUT2D eigenvalue weighted by Gasteiger charge is -2.22. The van der Waals surface area contributed by atoms with E-state index in [1.807, 2.05) is 11.4 Å². The Morgan fingerprint density at radius 1 is 1.42 bits per heavy atom. The molecule has 0 fully saturated rings. The van der Waals surface area contributed by atoms with Crippen LogP contribution in [0.2, 0.25) is 5.15 Å². The van der Waals surface area contributed by atoms with Crippen molar-refractivity contribution >= 4 is 38.9 Å². The van der Waals surface area contributed by atoms with Crippen LogP contribution in [0.5, 0.6) is 0 Å². The van der Waals surface area contributed by atoms with Crippen LogP contribution < -0.4 is 4.72 Å². The molecule has 0 aliphatic carbocycles. The van der Waals surface area contributed by atoms with Crippen molar-refractivity contribution in [1.29, 1.82) is 0 Å². The van der Waals surface area contributed by atoms with Crippen LogP contribution in [0.3, 0.4) is 0 Å². The van der Waals surface area contributed by atoms with Crippen molar-refractivity contribution in [1.82, 2.24) is 9.71 Å². The van der Waals surface area contributed by atoms with Gasteiger partial charge in [-0.15, -0.1) is 11.3 Å². The highest BCUT2D eigenvalue weighted by molar-refractivity contribution is 7.89. The fraction of sp³-hybridized carbons (Fsp3) is 0.333. The number of carbonyl (C=O) groups is 1. The summed E-state index contributed by atoms with van der Waals surface area (Å²) in [7, 11) is -3.80. The van der Waals surface area contributed by atoms with Gasteiger partial charge in [0.15, 0.2) is 0 Å². The largest absolute Gasteiger partial charge is 0.372 e. The van der Waals surface area contributed by atoms with E-state index in [1.165, 1.54) is 29.2 Å². The predicted octanol–water partition coefficient (Wildman–Crippen LogP) is 2.45. The van der Waals surface area contributed by atoms with E-state index in [0.29, 0.717) is 12.2 Å². The number of pyridine rings is 1. The van der Waals surface area contributed by atoms with Crippen LogP contribution in [0, 0.1) is 0 Å². The Balaban J connectivity index is 1.61. The van der Waals surface area contributed by atoms with Crippen molar-refractivity contribution in [2.24, 2.45) is 0 Å². The molecule has 0 saturated carbocycles. The zero-order valence-corrected chi connectivity index (χ0v) is 15.0. The zero-order valence-electron chi connectivity index (χ0n) is 12.6. The third-order valence-electron chi connectivity index (χ3n) is 3.55. The molecule has 0 saturated heterocycles. The second kappa shape index (κ2) is 7.18. The van der Waals surface area contributed by atoms with Crippen molar-refractivity contribution in [2.75, 3.05) is 6.61 Å². The summed E-state index contributed by atoms with van der Waals surface area (Å²) in [6, 6.07) is 5.07. The van der Waals surface area contributed by atoms with E-state index in [-0.39, 0.29) is 23.4 Å². The monoisotopic (exact) mass is 386 g/mol. The molecule has 1 N–H and O–H groups in total. The van der Waals surface area contributed by atoms with Gasteiger partial charge in [0.1, 0.15) is 11.3 Å². The second-order valence-corrected chi connectivity index (χ2v) is 8.45. The Labute approximate surface area is 148 Å². The number of halogens is 1. The molecule has 1 aliphatic rings. The van der Waals surface area contributed by atoms with Crippen molar-refractivity contribution in [3.63, 3.8) is 0 Å². The lowest BCUT2D eigenvalue weighted by atomic mass is 10.1. The van der Waals surface area contributed by atoms with Crippen LogP contribution in [0.15, 0.2) is 29.8 Å². The first kappa shape index (κ1) is 17.3. The number of nitrogens with one attached hydrogen (secondary N) is 1. The molecule has 0 radical (unpaired) electrons. The first-order chi connectivity index (χ1) is 11.4. The molecule has 1 unspecified atom stereocenters. The molecule has 1 aliphatic heterocycles. The van der Waals surface area contributed by atoms with Gasteiger partial charge in [0.25, 0.3) is 0 Å². The number of hydrogen-bond acceptors (Lipinski definition) is 6. The molecular weight excluding hydrogens is 372 g/mol. The highest BCUT2D eigenvalue weighted by Crippen LogP contribution is 2.33. The number of nitrogens with zero attached hydrogens (tertiary/aromatic N) is 1. The van der Waals surface area contributed by atoms with Gasteiger partial charge in [0.05, 0.1) is 18.8 Å². The summed E-state index contributed by atoms with van der Waals surface area (Å²) in [6.07, 6.45) is 1.78. The molecular formula is C15H15ClN2O4S2. The van der Waals surface area contributed by atoms with Crippen molar-refractivity contribution in [3.05, 3.63) is 50.9 Å². The van der Waals surface area contributed by atoms with Gasteiger partial charge in [0.2, 0.25) is 15.9 Å². The number of ether oxygens (including phenoxy) is 1. The summed E-state index contributed by atoms with van der Waals surface area (Å²) < 4.78 is 31.9. The standard InChI is InChI=1S/C15H15ClN2O4S2/c16-13-2-1-10(8-17-13)9-24(20,21)18-14(19)7-12-15-11(3-5-22-12)4-6-23-15/h1-2,4,6,8,12H,3,5,7,9H2,(H,18,19). The highest BCUT2D eigenvalue weighted by Gasteiger charge is 2.26. The predicted molar refractivity (Wildman–Crippen MR) is 91.3 cm³/mol. The molecule has 6 nitrogen and oxygen atoms in total. The first-order valence-electron chi connectivity index (χ1n) is 7.24. The van der Waals surface area contributed by atoms with Crippen LogP contribution in [0.1, 0.15) is 28.5 Å². The summed E-state index contributed by atoms with van der Waals surface area (Å²) in [5.41, 5.74) is 1.62. The Bertz CT molecular complexity index is 833. The molecule has 0 spiro atoms. The number of fused-ring (bicyclic) bond motifs is 1. The minimum atomic E-state index is -3.80. The third kappa shape index (κ3) is 4.32. The summed E-state index contributed by atoms with van der Waals surface area (Å²) in [6.45, 7) is 0.533. The topological polar surface area (TPSA) is 85.4 Å². The van der Waals surface area contributed by atoms with Gasteiger partial charge in [-0.25, -0.2) is 13.4 Å². The minimum absolute atomic E-state index is 0.0222. The molecule has 1 amide bonds. The normalized spacial score (nSPS) is 17.3. The van der Waals surface area contributed by atoms with Crippen LogP contribution in [-0.4, -0.2) is 25.9 Å². The molecule has 2 aromatic heterocycles. The summed E-state index contributed by atoms with van der Waals surface area (Å²) in [5, 5.41) is 2.23. The summed E-state index contributed by atoms with van der Waals surface area (Å²) >= 11 is 7.19. The lowest BCUT2D eigenvalue weighted by Crippen LogP contribution is -2.33. The molecule has 24 heavy (non-hydrogen) atoms. The van der Waals surface area contributed by atoms with E-state index in [1.54, 1.807) is 6.07 Å². The van der Waals surface area contributed by atoms with E-state index in [0.717, 1.165) is 11.3 Å². The Morgan fingerprint density at radius 2 is 2.25 bits per heavy atom. The maximum Gasteiger partial charge on any atom is 0.239 e. The molecule has 9 heteroatoms. The quantitative estimate of drug-likeness (QED) is 0.798. The van der Waals surface area contributed by atoms with E-state index in [2.05, 4.69) is 9.71 Å². The second-order valence-electron chi connectivity index (χ2n) is 5.40. The smallest absolute Gasteiger partial charge is 0.239 e. The molecule has 128 valence electrons. The average Bonchev–Trinajstić information content (AvgIpc) is 2.98. The van der Waals surface area contributed by atoms with Crippen LogP contribution >= 0.6 is 22.9 Å². The molecule has 3 rings (SSSR count). The van der Waals surface area contributed by atoms with E-state index < -0.39 is 15.9 Å². The third-order valence-corrected chi connectivity index (χ3v) is 6.08. The van der Waals surface area contributed by atoms with E-state index in [9.17, 15) is 13.2 Å². The highest BCUT2D eigenvalue weighted by atomic mass is 35.5. The zero-order chi connectivity index (χ0) is 17.2. The van der Waals surface area contributed by atoms with E-state index >= 15 is 0 Å². The van der Waals surface area contributed by atoms with Gasteiger partial charge in [-0.05, 0) is 35.1 Å². The van der Waals surface area contributed by atoms with Crippen molar-refractivity contribution in [2.45, 2.75) is 24.7 Å². The fourth-order valence-corrected chi connectivity index (χ4v) is 4.73. The maximum atomic E-state index is 12.1. The van der Waals surface area contributed by atoms with E-state index in [4.69, 9.17) is 16.3 Å². The number of hydrogen-bond donors (Lipinski definition) is 1. The van der Waals surface area contributed by atoms with Gasteiger partial charge < -0.3 is 4.74 Å². The van der Waals surface area contributed by atoms with Gasteiger partial charge >= 0.3 is 0 Å². The summed E-state index contributed by atoms with van der Waals surface area (Å²) in [4.78, 5) is 16.9. The number of amides is 1. The number of aromatic nitrogens is 1. The van der Waals surface area contributed by atoms with Gasteiger partial charge in [-0.1, -0.05) is 17.7 Å². The first-order valence-corrected chi connectivity index (χ1v) is 10.2. The van der Waals surface area contributed by atoms with Crippen LogP contribution in [-0.2, 0) is 31.7 Å². The number of thiophene rings is 1. The van der Waals surface area contributed by atoms with Crippen LogP contribution in [0.25, 0.3) is 0 Å². The fourth-order valence-electron chi connectivity index (χ4n) is 2.51. The van der Waals surface area contributed by atoms with Crippen molar-refractivity contribution < 1.29 is 17.9 Å². The van der Waals surface area contributed by atoms with Crippen molar-refractivity contribution in [3.8, 4) is 0 Å². The SMILES string of the molecule is O=C(CC1OCCc2ccsc21)NS(=O)(=O)Cc1ccc(Cl)nc1. The Kier molecular flexibility index (Phi) is 5.19. The Hall–Kier alpha value is -1.48. The number of sulfonamides is 1. The molecule has 3 heterocycles. The molecule has 1 atom stereocenters. The average molecular weight is 387 g/mol. The summed E-state index contributed by atoms with van der Waals surface area (Å²) in [5.74, 6) is -0.915. The number of rotatable bonds is 5. The van der Waals surface area contributed by atoms with Gasteiger partial charge in [-0.2, -0.15) is 0 Å². The van der Waals surface area contributed by atoms with Crippen LogP contribution in [0.4, 0.5) is 0 Å². The molecule has 2 aromatic rings. The van der Waals surface area contributed by atoms with Gasteiger partial charge in [0, 0.05) is 11.1 Å². The maximum absolute atomic E-state index is 12.1.